The minimum absolute atomic E-state index is 0.115. The molecular formula is C24H16F3N3O2. The summed E-state index contributed by atoms with van der Waals surface area (Å²) in [6.07, 6.45) is -2.65. The molecule has 8 heteroatoms. The van der Waals surface area contributed by atoms with Gasteiger partial charge in [-0.2, -0.15) is 18.4 Å². The number of carbonyl (C=O) groups excluding carboxylic acids is 1. The van der Waals surface area contributed by atoms with Crippen molar-refractivity contribution < 1.29 is 22.7 Å². The van der Waals surface area contributed by atoms with Crippen LogP contribution in [0.1, 0.15) is 16.7 Å². The summed E-state index contributed by atoms with van der Waals surface area (Å²) in [6, 6.07) is 19.1. The summed E-state index contributed by atoms with van der Waals surface area (Å²) in [7, 11) is 0. The largest absolute Gasteiger partial charge is 0.457 e. The molecule has 1 heterocycles. The number of alkyl halides is 3. The summed E-state index contributed by atoms with van der Waals surface area (Å²) in [5.41, 5.74) is 6.36. The van der Waals surface area contributed by atoms with E-state index >= 15 is 0 Å². The molecule has 0 saturated heterocycles. The Balaban J connectivity index is 1.62. The number of amides is 1. The number of halogens is 3. The lowest BCUT2D eigenvalue weighted by molar-refractivity contribution is -0.137. The first kappa shape index (κ1) is 21.0. The third kappa shape index (κ3) is 4.14. The van der Waals surface area contributed by atoms with Gasteiger partial charge in [0.15, 0.2) is 0 Å². The molecule has 0 aliphatic heterocycles. The van der Waals surface area contributed by atoms with Crippen LogP contribution in [-0.2, 0) is 17.4 Å². The van der Waals surface area contributed by atoms with Crippen molar-refractivity contribution in [2.24, 2.45) is 5.73 Å². The quantitative estimate of drug-likeness (QED) is 0.459. The van der Waals surface area contributed by atoms with E-state index in [9.17, 15) is 18.0 Å². The lowest BCUT2D eigenvalue weighted by Crippen LogP contribution is -2.13. The van der Waals surface area contributed by atoms with Crippen LogP contribution in [0.5, 0.6) is 11.5 Å². The number of carbonyl (C=O) groups is 1. The van der Waals surface area contributed by atoms with E-state index in [1.807, 2.05) is 35.0 Å². The fourth-order valence-electron chi connectivity index (χ4n) is 3.53. The Bertz CT molecular complexity index is 1350. The molecule has 1 amide bonds. The number of fused-ring (bicyclic) bond motifs is 1. The first-order valence-corrected chi connectivity index (χ1v) is 9.53. The Morgan fingerprint density at radius 1 is 1.03 bits per heavy atom. The Hall–Kier alpha value is -4.25. The number of primary amides is 1. The van der Waals surface area contributed by atoms with Gasteiger partial charge in [0.05, 0.1) is 29.1 Å². The second-order valence-corrected chi connectivity index (χ2v) is 7.10. The number of para-hydroxylation sites is 1. The van der Waals surface area contributed by atoms with Crippen molar-refractivity contribution >= 4 is 16.8 Å². The molecule has 4 aromatic rings. The molecule has 5 nitrogen and oxygen atoms in total. The van der Waals surface area contributed by atoms with Gasteiger partial charge in [-0.1, -0.05) is 18.2 Å². The molecule has 2 N–H and O–H groups in total. The normalized spacial score (nSPS) is 11.3. The number of rotatable bonds is 5. The first-order chi connectivity index (χ1) is 15.3. The number of aromatic nitrogens is 1. The Kier molecular flexibility index (Phi) is 5.33. The molecule has 0 spiro atoms. The predicted octanol–water partition coefficient (Wildman–Crippen LogP) is 5.34. The molecule has 0 radical (unpaired) electrons. The van der Waals surface area contributed by atoms with E-state index in [-0.39, 0.29) is 12.2 Å². The van der Waals surface area contributed by atoms with Crippen LogP contribution in [0, 0.1) is 11.3 Å². The van der Waals surface area contributed by atoms with E-state index in [0.29, 0.717) is 5.75 Å². The van der Waals surface area contributed by atoms with Crippen LogP contribution in [0.3, 0.4) is 0 Å². The van der Waals surface area contributed by atoms with E-state index in [1.165, 1.54) is 6.07 Å². The zero-order valence-electron chi connectivity index (χ0n) is 16.6. The number of benzene rings is 3. The van der Waals surface area contributed by atoms with Crippen molar-refractivity contribution in [3.63, 3.8) is 0 Å². The standard InChI is InChI=1S/C24H16F3N3O2/c25-24(26,27)21-10-9-19(11-15(21)13-28)32-18-7-5-17(6-8-18)30-14-16(12-23(29)31)20-3-1-2-4-22(20)30/h1-11,14H,12H2,(H2,29,31). The van der Waals surface area contributed by atoms with Crippen LogP contribution in [0.2, 0.25) is 0 Å². The first-order valence-electron chi connectivity index (χ1n) is 9.53. The number of nitrogens with two attached hydrogens (primary N) is 1. The van der Waals surface area contributed by atoms with Crippen molar-refractivity contribution in [1.29, 1.82) is 5.26 Å². The van der Waals surface area contributed by atoms with E-state index in [0.717, 1.165) is 34.3 Å². The SMILES string of the molecule is N#Cc1cc(Oc2ccc(-n3cc(CC(N)=O)c4ccccc43)cc2)ccc1C(F)(F)F. The van der Waals surface area contributed by atoms with E-state index in [2.05, 4.69) is 0 Å². The summed E-state index contributed by atoms with van der Waals surface area (Å²) in [5, 5.41) is 9.96. The summed E-state index contributed by atoms with van der Waals surface area (Å²) < 4.78 is 46.4. The molecule has 0 fully saturated rings. The number of nitrogens with zero attached hydrogens (tertiary/aromatic N) is 2. The van der Waals surface area contributed by atoms with Gasteiger partial charge < -0.3 is 15.0 Å². The van der Waals surface area contributed by atoms with Gasteiger partial charge in [-0.25, -0.2) is 0 Å². The number of ether oxygens (including phenoxy) is 1. The van der Waals surface area contributed by atoms with Crippen LogP contribution in [0.15, 0.2) is 72.9 Å². The second-order valence-electron chi connectivity index (χ2n) is 7.10. The third-order valence-corrected chi connectivity index (χ3v) is 4.93. The zero-order chi connectivity index (χ0) is 22.9. The Labute approximate surface area is 181 Å². The van der Waals surface area contributed by atoms with Crippen molar-refractivity contribution in [3.8, 4) is 23.3 Å². The topological polar surface area (TPSA) is 81.0 Å². The molecule has 0 aliphatic carbocycles. The highest BCUT2D eigenvalue weighted by Gasteiger charge is 2.33. The maximum Gasteiger partial charge on any atom is 0.417 e. The lowest BCUT2D eigenvalue weighted by atomic mass is 10.1. The molecule has 3 aromatic carbocycles. The van der Waals surface area contributed by atoms with Crippen LogP contribution in [0.4, 0.5) is 13.2 Å². The molecule has 0 aliphatic rings. The van der Waals surface area contributed by atoms with Gasteiger partial charge >= 0.3 is 6.18 Å². The molecule has 1 aromatic heterocycles. The van der Waals surface area contributed by atoms with Crippen molar-refractivity contribution in [1.82, 2.24) is 4.57 Å². The van der Waals surface area contributed by atoms with Crippen LogP contribution >= 0.6 is 0 Å². The fraction of sp³-hybridized carbons (Fsp3) is 0.0833. The molecule has 0 atom stereocenters. The smallest absolute Gasteiger partial charge is 0.417 e. The highest BCUT2D eigenvalue weighted by molar-refractivity contribution is 5.90. The Morgan fingerprint density at radius 2 is 1.72 bits per heavy atom. The minimum atomic E-state index is -4.61. The minimum Gasteiger partial charge on any atom is -0.457 e. The summed E-state index contributed by atoms with van der Waals surface area (Å²) in [4.78, 5) is 11.4. The van der Waals surface area contributed by atoms with Gasteiger partial charge in [0, 0.05) is 17.3 Å². The van der Waals surface area contributed by atoms with Gasteiger partial charge in [0.2, 0.25) is 5.91 Å². The van der Waals surface area contributed by atoms with Gasteiger partial charge in [0.25, 0.3) is 0 Å². The van der Waals surface area contributed by atoms with Crippen LogP contribution in [-0.4, -0.2) is 10.5 Å². The zero-order valence-corrected chi connectivity index (χ0v) is 16.6. The maximum absolute atomic E-state index is 13.0. The van der Waals surface area contributed by atoms with E-state index in [4.69, 9.17) is 15.7 Å². The average Bonchev–Trinajstić information content (AvgIpc) is 3.11. The van der Waals surface area contributed by atoms with Gasteiger partial charge in [-0.3, -0.25) is 4.79 Å². The molecule has 32 heavy (non-hydrogen) atoms. The van der Waals surface area contributed by atoms with Gasteiger partial charge in [-0.05, 0) is 54.1 Å². The van der Waals surface area contributed by atoms with Gasteiger partial charge in [0.1, 0.15) is 11.5 Å². The molecule has 4 rings (SSSR count). The summed E-state index contributed by atoms with van der Waals surface area (Å²) in [5.74, 6) is 0.0913. The second kappa shape index (κ2) is 8.12. The highest BCUT2D eigenvalue weighted by atomic mass is 19.4. The highest BCUT2D eigenvalue weighted by Crippen LogP contribution is 2.35. The third-order valence-electron chi connectivity index (χ3n) is 4.93. The fourth-order valence-corrected chi connectivity index (χ4v) is 3.53. The molecule has 0 bridgehead atoms. The van der Waals surface area contributed by atoms with Crippen molar-refractivity contribution in [2.45, 2.75) is 12.6 Å². The molecule has 160 valence electrons. The van der Waals surface area contributed by atoms with Crippen molar-refractivity contribution in [3.05, 3.63) is 89.6 Å². The maximum atomic E-state index is 13.0. The van der Waals surface area contributed by atoms with Crippen molar-refractivity contribution in [2.75, 3.05) is 0 Å². The number of hydrogen-bond donors (Lipinski definition) is 1. The molecular weight excluding hydrogens is 419 g/mol. The summed E-state index contributed by atoms with van der Waals surface area (Å²) >= 11 is 0. The number of hydrogen-bond acceptors (Lipinski definition) is 3. The molecule has 0 saturated carbocycles. The average molecular weight is 435 g/mol. The van der Waals surface area contributed by atoms with Crippen LogP contribution < -0.4 is 10.5 Å². The van der Waals surface area contributed by atoms with E-state index < -0.39 is 23.2 Å². The van der Waals surface area contributed by atoms with Crippen LogP contribution in [0.25, 0.3) is 16.6 Å². The molecule has 0 unspecified atom stereocenters. The summed E-state index contributed by atoms with van der Waals surface area (Å²) in [6.45, 7) is 0. The van der Waals surface area contributed by atoms with E-state index in [1.54, 1.807) is 30.3 Å². The lowest BCUT2D eigenvalue weighted by Gasteiger charge is -2.12. The monoisotopic (exact) mass is 435 g/mol. The van der Waals surface area contributed by atoms with Gasteiger partial charge in [-0.15, -0.1) is 0 Å². The Morgan fingerprint density at radius 3 is 2.38 bits per heavy atom. The predicted molar refractivity (Wildman–Crippen MR) is 112 cm³/mol. The number of nitriles is 1.